The van der Waals surface area contributed by atoms with E-state index in [1.54, 1.807) is 12.1 Å². The minimum atomic E-state index is -4.01. The zero-order chi connectivity index (χ0) is 17.2. The van der Waals surface area contributed by atoms with Gasteiger partial charge in [-0.1, -0.05) is 30.0 Å². The molecular weight excluding hydrogens is 368 g/mol. The summed E-state index contributed by atoms with van der Waals surface area (Å²) in [5, 5.41) is 0.979. The van der Waals surface area contributed by atoms with Gasteiger partial charge in [0, 0.05) is 15.2 Å². The lowest BCUT2D eigenvalue weighted by atomic mass is 10.4. The summed E-state index contributed by atoms with van der Waals surface area (Å²) in [4.78, 5) is 1.94. The van der Waals surface area contributed by atoms with Gasteiger partial charge in [0.2, 0.25) is 0 Å². The molecule has 0 N–H and O–H groups in total. The first kappa shape index (κ1) is 17.2. The third-order valence-electron chi connectivity index (χ3n) is 3.24. The van der Waals surface area contributed by atoms with Crippen molar-refractivity contribution in [2.75, 3.05) is 5.75 Å². The van der Waals surface area contributed by atoms with Crippen LogP contribution >= 0.6 is 11.8 Å². The highest BCUT2D eigenvalue weighted by Gasteiger charge is 2.28. The third-order valence-corrected chi connectivity index (χ3v) is 6.97. The molecule has 2 aromatic rings. The van der Waals surface area contributed by atoms with Gasteiger partial charge < -0.3 is 0 Å². The van der Waals surface area contributed by atoms with Crippen LogP contribution in [0, 0.1) is 0 Å². The van der Waals surface area contributed by atoms with Crippen molar-refractivity contribution >= 4 is 31.7 Å². The average molecular weight is 382 g/mol. The third kappa shape index (κ3) is 4.27. The number of hydrogen-bond donors (Lipinski definition) is 0. The largest absolute Gasteiger partial charge is 0.297 e. The van der Waals surface area contributed by atoms with Gasteiger partial charge in [-0.25, -0.2) is 8.42 Å². The first-order valence-corrected chi connectivity index (χ1v) is 11.0. The molecule has 0 aromatic heterocycles. The van der Waals surface area contributed by atoms with Crippen LogP contribution in [0.1, 0.15) is 0 Å². The Morgan fingerprint density at radius 3 is 2.17 bits per heavy atom. The summed E-state index contributed by atoms with van der Waals surface area (Å²) in [7, 11) is -7.37. The van der Waals surface area contributed by atoms with Crippen molar-refractivity contribution in [1.82, 2.24) is 0 Å². The maximum Gasteiger partial charge on any atom is 0.297 e. The lowest BCUT2D eigenvalue weighted by Gasteiger charge is -2.10. The van der Waals surface area contributed by atoms with Crippen LogP contribution in [0.4, 0.5) is 0 Å². The van der Waals surface area contributed by atoms with Crippen molar-refractivity contribution in [3.63, 3.8) is 0 Å². The van der Waals surface area contributed by atoms with Crippen LogP contribution in [0.25, 0.3) is 0 Å². The molecule has 0 amide bonds. The highest BCUT2D eigenvalue weighted by molar-refractivity contribution is 7.99. The van der Waals surface area contributed by atoms with E-state index in [2.05, 4.69) is 0 Å². The Balaban J connectivity index is 1.71. The fourth-order valence-electron chi connectivity index (χ4n) is 2.12. The lowest BCUT2D eigenvalue weighted by molar-refractivity contribution is 0.279. The molecule has 0 saturated heterocycles. The Kier molecular flexibility index (Phi) is 4.82. The molecule has 126 valence electrons. The van der Waals surface area contributed by atoms with Crippen LogP contribution in [0.3, 0.4) is 0 Å². The summed E-state index contributed by atoms with van der Waals surface area (Å²) >= 11 is 1.51. The highest BCUT2D eigenvalue weighted by Crippen LogP contribution is 2.28. The van der Waals surface area contributed by atoms with E-state index in [1.807, 2.05) is 30.3 Å². The SMILES string of the molecule is O=S1(=O)C=CC(OS(=O)(=O)c2ccc(Sc3ccccc3)cc2)C1. The van der Waals surface area contributed by atoms with E-state index < -0.39 is 26.1 Å². The van der Waals surface area contributed by atoms with Crippen molar-refractivity contribution in [3.8, 4) is 0 Å². The van der Waals surface area contributed by atoms with Crippen LogP contribution in [0.5, 0.6) is 0 Å². The summed E-state index contributed by atoms with van der Waals surface area (Å²) in [5.41, 5.74) is 0. The molecule has 0 radical (unpaired) electrons. The molecule has 1 unspecified atom stereocenters. The van der Waals surface area contributed by atoms with Gasteiger partial charge in [0.15, 0.2) is 9.84 Å². The number of benzene rings is 2. The van der Waals surface area contributed by atoms with E-state index >= 15 is 0 Å². The average Bonchev–Trinajstić information content (AvgIpc) is 2.87. The van der Waals surface area contributed by atoms with Gasteiger partial charge in [-0.3, -0.25) is 4.18 Å². The molecule has 0 fully saturated rings. The molecule has 1 aliphatic heterocycles. The maximum absolute atomic E-state index is 12.2. The van der Waals surface area contributed by atoms with E-state index in [1.165, 1.54) is 30.0 Å². The Labute approximate surface area is 145 Å². The molecule has 24 heavy (non-hydrogen) atoms. The summed E-state index contributed by atoms with van der Waals surface area (Å²) in [6, 6.07) is 16.0. The maximum atomic E-state index is 12.2. The van der Waals surface area contributed by atoms with Crippen LogP contribution in [0.2, 0.25) is 0 Å². The molecule has 3 rings (SSSR count). The molecule has 8 heteroatoms. The monoisotopic (exact) mass is 382 g/mol. The smallest absolute Gasteiger partial charge is 0.258 e. The van der Waals surface area contributed by atoms with Crippen molar-refractivity contribution < 1.29 is 21.0 Å². The molecular formula is C16H14O5S3. The van der Waals surface area contributed by atoms with Gasteiger partial charge in [0.05, 0.1) is 10.6 Å². The molecule has 0 spiro atoms. The van der Waals surface area contributed by atoms with Gasteiger partial charge in [-0.2, -0.15) is 8.42 Å². The van der Waals surface area contributed by atoms with E-state index in [0.717, 1.165) is 15.2 Å². The van der Waals surface area contributed by atoms with E-state index in [-0.39, 0.29) is 10.6 Å². The van der Waals surface area contributed by atoms with E-state index in [4.69, 9.17) is 4.18 Å². The summed E-state index contributed by atoms with van der Waals surface area (Å²) in [5.74, 6) is -0.353. The minimum Gasteiger partial charge on any atom is -0.258 e. The lowest BCUT2D eigenvalue weighted by Crippen LogP contribution is -2.20. The zero-order valence-corrected chi connectivity index (χ0v) is 14.9. The molecule has 1 aliphatic rings. The van der Waals surface area contributed by atoms with Crippen LogP contribution < -0.4 is 0 Å². The van der Waals surface area contributed by atoms with Crippen molar-refractivity contribution in [1.29, 1.82) is 0 Å². The zero-order valence-electron chi connectivity index (χ0n) is 12.4. The fraction of sp³-hybridized carbons (Fsp3) is 0.125. The molecule has 0 bridgehead atoms. The van der Waals surface area contributed by atoms with E-state index in [0.29, 0.717) is 0 Å². The second kappa shape index (κ2) is 6.72. The second-order valence-corrected chi connectivity index (χ2v) is 9.78. The van der Waals surface area contributed by atoms with Gasteiger partial charge in [0.25, 0.3) is 10.1 Å². The Bertz CT molecular complexity index is 947. The van der Waals surface area contributed by atoms with Crippen LogP contribution in [-0.4, -0.2) is 28.7 Å². The summed E-state index contributed by atoms with van der Waals surface area (Å²) in [6.45, 7) is 0. The van der Waals surface area contributed by atoms with Crippen LogP contribution in [0.15, 0.2) is 80.8 Å². The predicted octanol–water partition coefficient (Wildman–Crippen LogP) is 2.85. The van der Waals surface area contributed by atoms with Crippen LogP contribution in [-0.2, 0) is 24.1 Å². The molecule has 0 saturated carbocycles. The summed E-state index contributed by atoms with van der Waals surface area (Å²) < 4.78 is 52.0. The fourth-order valence-corrected chi connectivity index (χ4v) is 5.25. The van der Waals surface area contributed by atoms with Gasteiger partial charge in [0.1, 0.15) is 6.10 Å². The summed E-state index contributed by atoms with van der Waals surface area (Å²) in [6.07, 6.45) is 0.269. The van der Waals surface area contributed by atoms with Gasteiger partial charge >= 0.3 is 0 Å². The molecule has 5 nitrogen and oxygen atoms in total. The molecule has 1 heterocycles. The normalized spacial score (nSPS) is 19.4. The van der Waals surface area contributed by atoms with Crippen molar-refractivity contribution in [2.24, 2.45) is 0 Å². The van der Waals surface area contributed by atoms with Gasteiger partial charge in [-0.15, -0.1) is 0 Å². The molecule has 2 aromatic carbocycles. The Morgan fingerprint density at radius 1 is 0.958 bits per heavy atom. The Hall–Kier alpha value is -1.61. The molecule has 1 atom stereocenters. The van der Waals surface area contributed by atoms with Crippen molar-refractivity contribution in [3.05, 3.63) is 66.1 Å². The van der Waals surface area contributed by atoms with Crippen molar-refractivity contribution in [2.45, 2.75) is 20.8 Å². The second-order valence-electron chi connectivity index (χ2n) is 5.13. The van der Waals surface area contributed by atoms with E-state index in [9.17, 15) is 16.8 Å². The van der Waals surface area contributed by atoms with Gasteiger partial charge in [-0.05, 0) is 42.5 Å². The topological polar surface area (TPSA) is 77.5 Å². The number of sulfone groups is 1. The minimum absolute atomic E-state index is 0.00221. The first-order valence-electron chi connectivity index (χ1n) is 7.01. The quantitative estimate of drug-likeness (QED) is 0.740. The first-order chi connectivity index (χ1) is 11.3. The predicted molar refractivity (Wildman–Crippen MR) is 92.0 cm³/mol. The molecule has 0 aliphatic carbocycles. The Morgan fingerprint density at radius 2 is 1.58 bits per heavy atom. The highest BCUT2D eigenvalue weighted by atomic mass is 32.2. The standard InChI is InChI=1S/C16H14O5S3/c17-23(18)11-10-13(12-23)21-24(19,20)16-8-6-15(7-9-16)22-14-4-2-1-3-5-14/h1-11,13H,12H2. The number of hydrogen-bond acceptors (Lipinski definition) is 6. The number of rotatable bonds is 5.